The molecule has 2 aromatic carbocycles. The van der Waals surface area contributed by atoms with Crippen LogP contribution in [0.15, 0.2) is 65.6 Å². The standard InChI is InChI=1S/C21H23NO2S/c23-21(24-15-16-7-3-1-4-8-16)22-13-17-11-20(12-18(17)14-22)25-19-9-5-2-6-10-19/h1-10,17-18,20H,11-15H2/t17-,18+,20+. The van der Waals surface area contributed by atoms with Crippen molar-refractivity contribution in [2.45, 2.75) is 29.6 Å². The number of likely N-dealkylation sites (tertiary alicyclic amines) is 1. The molecule has 1 saturated heterocycles. The summed E-state index contributed by atoms with van der Waals surface area (Å²) in [5.74, 6) is 1.26. The summed E-state index contributed by atoms with van der Waals surface area (Å²) in [5.41, 5.74) is 1.04. The van der Waals surface area contributed by atoms with Gasteiger partial charge in [0.05, 0.1) is 0 Å². The van der Waals surface area contributed by atoms with Gasteiger partial charge in [0.2, 0.25) is 0 Å². The van der Waals surface area contributed by atoms with Gasteiger partial charge in [0, 0.05) is 23.2 Å². The highest BCUT2D eigenvalue weighted by Crippen LogP contribution is 2.45. The molecule has 3 nitrogen and oxygen atoms in total. The van der Waals surface area contributed by atoms with E-state index >= 15 is 0 Å². The SMILES string of the molecule is O=C(OCc1ccccc1)N1C[C@H]2C[C@H](Sc3ccccc3)C[C@H]2C1. The summed E-state index contributed by atoms with van der Waals surface area (Å²) < 4.78 is 5.48. The van der Waals surface area contributed by atoms with E-state index in [4.69, 9.17) is 4.74 Å². The van der Waals surface area contributed by atoms with Gasteiger partial charge in [-0.3, -0.25) is 0 Å². The van der Waals surface area contributed by atoms with E-state index in [2.05, 4.69) is 30.3 Å². The van der Waals surface area contributed by atoms with Crippen LogP contribution in [0.3, 0.4) is 0 Å². The molecular weight excluding hydrogens is 330 g/mol. The zero-order chi connectivity index (χ0) is 17.1. The van der Waals surface area contributed by atoms with Crippen LogP contribution in [0.4, 0.5) is 4.79 Å². The Bertz CT molecular complexity index is 692. The zero-order valence-corrected chi connectivity index (χ0v) is 15.0. The lowest BCUT2D eigenvalue weighted by molar-refractivity contribution is 0.102. The second-order valence-corrected chi connectivity index (χ2v) is 8.36. The van der Waals surface area contributed by atoms with Gasteiger partial charge in [0.15, 0.2) is 0 Å². The first-order valence-corrected chi connectivity index (χ1v) is 9.83. The lowest BCUT2D eigenvalue weighted by Gasteiger charge is -2.19. The van der Waals surface area contributed by atoms with E-state index in [1.165, 1.54) is 17.7 Å². The van der Waals surface area contributed by atoms with Gasteiger partial charge in [0.1, 0.15) is 6.61 Å². The molecule has 4 rings (SSSR count). The second-order valence-electron chi connectivity index (χ2n) is 6.99. The molecule has 0 N–H and O–H groups in total. The van der Waals surface area contributed by atoms with E-state index in [0.717, 1.165) is 18.7 Å². The molecule has 0 bridgehead atoms. The van der Waals surface area contributed by atoms with Gasteiger partial charge in [-0.1, -0.05) is 48.5 Å². The third-order valence-corrected chi connectivity index (χ3v) is 6.48. The average Bonchev–Trinajstić information content (AvgIpc) is 3.20. The summed E-state index contributed by atoms with van der Waals surface area (Å²) in [7, 11) is 0. The van der Waals surface area contributed by atoms with Crippen LogP contribution in [0.25, 0.3) is 0 Å². The third-order valence-electron chi connectivity index (χ3n) is 5.22. The maximum atomic E-state index is 12.3. The quantitative estimate of drug-likeness (QED) is 0.789. The Hall–Kier alpha value is -1.94. The first kappa shape index (κ1) is 16.5. The van der Waals surface area contributed by atoms with Crippen molar-refractivity contribution in [3.8, 4) is 0 Å². The average molecular weight is 353 g/mol. The predicted molar refractivity (Wildman–Crippen MR) is 101 cm³/mol. The summed E-state index contributed by atoms with van der Waals surface area (Å²) in [6.07, 6.45) is 2.24. The molecule has 1 heterocycles. The van der Waals surface area contributed by atoms with Crippen molar-refractivity contribution < 1.29 is 9.53 Å². The molecule has 130 valence electrons. The fraction of sp³-hybridized carbons (Fsp3) is 0.381. The number of fused-ring (bicyclic) bond motifs is 1. The van der Waals surface area contributed by atoms with Gasteiger partial charge in [-0.2, -0.15) is 0 Å². The second kappa shape index (κ2) is 7.52. The Morgan fingerprint density at radius 3 is 2.20 bits per heavy atom. The molecule has 2 aliphatic rings. The van der Waals surface area contributed by atoms with Crippen LogP contribution in [0.2, 0.25) is 0 Å². The number of rotatable bonds is 4. The first-order valence-electron chi connectivity index (χ1n) is 8.95. The molecule has 1 amide bonds. The summed E-state index contributed by atoms with van der Waals surface area (Å²) in [5, 5.41) is 0.680. The van der Waals surface area contributed by atoms with Crippen LogP contribution in [0.5, 0.6) is 0 Å². The molecule has 2 fully saturated rings. The van der Waals surface area contributed by atoms with E-state index in [-0.39, 0.29) is 6.09 Å². The predicted octanol–water partition coefficient (Wildman–Crippen LogP) is 4.83. The molecule has 3 atom stereocenters. The largest absolute Gasteiger partial charge is 0.445 e. The molecule has 25 heavy (non-hydrogen) atoms. The maximum Gasteiger partial charge on any atom is 0.410 e. The Balaban J connectivity index is 1.25. The molecule has 1 saturated carbocycles. The minimum atomic E-state index is -0.162. The zero-order valence-electron chi connectivity index (χ0n) is 14.2. The van der Waals surface area contributed by atoms with Crippen LogP contribution in [-0.2, 0) is 11.3 Å². The number of thioether (sulfide) groups is 1. The van der Waals surface area contributed by atoms with Crippen molar-refractivity contribution in [1.82, 2.24) is 4.90 Å². The Morgan fingerprint density at radius 1 is 0.960 bits per heavy atom. The topological polar surface area (TPSA) is 29.5 Å². The number of amides is 1. The summed E-state index contributed by atoms with van der Waals surface area (Å²) in [4.78, 5) is 15.6. The van der Waals surface area contributed by atoms with Crippen molar-refractivity contribution in [2.24, 2.45) is 11.8 Å². The monoisotopic (exact) mass is 353 g/mol. The molecular formula is C21H23NO2S. The van der Waals surface area contributed by atoms with Crippen LogP contribution in [0.1, 0.15) is 18.4 Å². The number of ether oxygens (including phenoxy) is 1. The van der Waals surface area contributed by atoms with Crippen LogP contribution in [-0.4, -0.2) is 29.3 Å². The molecule has 0 unspecified atom stereocenters. The Kier molecular flexibility index (Phi) is 4.97. The molecule has 2 aromatic rings. The molecule has 1 aliphatic heterocycles. The highest BCUT2D eigenvalue weighted by molar-refractivity contribution is 8.00. The van der Waals surface area contributed by atoms with Gasteiger partial charge < -0.3 is 9.64 Å². The van der Waals surface area contributed by atoms with Crippen LogP contribution in [0, 0.1) is 11.8 Å². The van der Waals surface area contributed by atoms with Gasteiger partial charge in [-0.15, -0.1) is 11.8 Å². The number of nitrogens with zero attached hydrogens (tertiary/aromatic N) is 1. The van der Waals surface area contributed by atoms with E-state index in [1.54, 1.807) is 0 Å². The van der Waals surface area contributed by atoms with Gasteiger partial charge in [-0.05, 0) is 42.4 Å². The fourth-order valence-electron chi connectivity index (χ4n) is 3.99. The number of hydrogen-bond donors (Lipinski definition) is 0. The van der Waals surface area contributed by atoms with E-state index in [0.29, 0.717) is 23.7 Å². The highest BCUT2D eigenvalue weighted by atomic mass is 32.2. The highest BCUT2D eigenvalue weighted by Gasteiger charge is 2.43. The minimum absolute atomic E-state index is 0.162. The summed E-state index contributed by atoms with van der Waals surface area (Å²) in [6.45, 7) is 2.06. The maximum absolute atomic E-state index is 12.3. The minimum Gasteiger partial charge on any atom is -0.445 e. The smallest absolute Gasteiger partial charge is 0.410 e. The molecule has 0 spiro atoms. The number of hydrogen-bond acceptors (Lipinski definition) is 3. The number of carbonyl (C=O) groups excluding carboxylic acids is 1. The van der Waals surface area contributed by atoms with Crippen molar-refractivity contribution in [3.63, 3.8) is 0 Å². The van der Waals surface area contributed by atoms with Crippen LogP contribution >= 0.6 is 11.8 Å². The lowest BCUT2D eigenvalue weighted by atomic mass is 10.0. The summed E-state index contributed by atoms with van der Waals surface area (Å²) in [6, 6.07) is 20.5. The van der Waals surface area contributed by atoms with Crippen molar-refractivity contribution in [1.29, 1.82) is 0 Å². The molecule has 0 aromatic heterocycles. The van der Waals surface area contributed by atoms with Gasteiger partial charge in [0.25, 0.3) is 0 Å². The molecule has 1 aliphatic carbocycles. The number of carbonyl (C=O) groups is 1. The van der Waals surface area contributed by atoms with E-state index in [1.807, 2.05) is 47.0 Å². The lowest BCUT2D eigenvalue weighted by Crippen LogP contribution is -2.30. The molecule has 0 radical (unpaired) electrons. The summed E-state index contributed by atoms with van der Waals surface area (Å²) >= 11 is 1.99. The normalized spacial score (nSPS) is 25.0. The van der Waals surface area contributed by atoms with Crippen LogP contribution < -0.4 is 0 Å². The Labute approximate surface area is 153 Å². The third kappa shape index (κ3) is 4.01. The van der Waals surface area contributed by atoms with Crippen molar-refractivity contribution in [3.05, 3.63) is 66.2 Å². The van der Waals surface area contributed by atoms with Gasteiger partial charge in [-0.25, -0.2) is 4.79 Å². The number of benzene rings is 2. The van der Waals surface area contributed by atoms with E-state index in [9.17, 15) is 4.79 Å². The van der Waals surface area contributed by atoms with Crippen molar-refractivity contribution >= 4 is 17.9 Å². The Morgan fingerprint density at radius 2 is 1.56 bits per heavy atom. The molecule has 4 heteroatoms. The fourth-order valence-corrected chi connectivity index (χ4v) is 5.38. The van der Waals surface area contributed by atoms with Crippen molar-refractivity contribution in [2.75, 3.05) is 13.1 Å². The van der Waals surface area contributed by atoms with Gasteiger partial charge >= 0.3 is 6.09 Å². The van der Waals surface area contributed by atoms with E-state index < -0.39 is 0 Å². The first-order chi connectivity index (χ1) is 12.3.